The summed E-state index contributed by atoms with van der Waals surface area (Å²) in [5.41, 5.74) is 0.439. The smallest absolute Gasteiger partial charge is 0.306 e. The lowest BCUT2D eigenvalue weighted by atomic mass is 10.0. The third-order valence-corrected chi connectivity index (χ3v) is 3.92. The number of urea groups is 1. The van der Waals surface area contributed by atoms with Gasteiger partial charge < -0.3 is 5.32 Å². The maximum absolute atomic E-state index is 12.7. The second kappa shape index (κ2) is 6.72. The molecule has 0 spiro atoms. The maximum Gasteiger partial charge on any atom is 0.435 e. The van der Waals surface area contributed by atoms with Crippen LogP contribution >= 0.6 is 11.6 Å². The SMILES string of the molecule is CC(C)c1c(NC(=O)Nc2cc(C(F)(F)F)nn2C)cnn2cc(Cl)nc12. The first-order valence-corrected chi connectivity index (χ1v) is 8.17. The summed E-state index contributed by atoms with van der Waals surface area (Å²) in [4.78, 5) is 16.5. The Balaban J connectivity index is 1.86. The van der Waals surface area contributed by atoms with E-state index in [-0.39, 0.29) is 16.9 Å². The Kier molecular flexibility index (Phi) is 4.72. The minimum absolute atomic E-state index is 0.0298. The predicted molar refractivity (Wildman–Crippen MR) is 92.9 cm³/mol. The van der Waals surface area contributed by atoms with Crippen LogP contribution in [0.5, 0.6) is 0 Å². The largest absolute Gasteiger partial charge is 0.435 e. The number of nitrogens with zero attached hydrogens (tertiary/aromatic N) is 5. The minimum Gasteiger partial charge on any atom is -0.306 e. The Bertz CT molecular complexity index is 1010. The summed E-state index contributed by atoms with van der Waals surface area (Å²) in [5.74, 6) is -0.137. The number of anilines is 2. The number of alkyl halides is 3. The van der Waals surface area contributed by atoms with Crippen molar-refractivity contribution in [3.05, 3.63) is 34.9 Å². The Labute approximate surface area is 156 Å². The summed E-state index contributed by atoms with van der Waals surface area (Å²) in [6.07, 6.45) is -1.65. The van der Waals surface area contributed by atoms with Crippen LogP contribution in [0.4, 0.5) is 29.5 Å². The van der Waals surface area contributed by atoms with E-state index < -0.39 is 17.9 Å². The van der Waals surface area contributed by atoms with Gasteiger partial charge in [-0.15, -0.1) is 0 Å². The molecule has 27 heavy (non-hydrogen) atoms. The number of rotatable bonds is 3. The van der Waals surface area contributed by atoms with E-state index in [1.54, 1.807) is 0 Å². The molecule has 3 rings (SSSR count). The van der Waals surface area contributed by atoms with Gasteiger partial charge in [-0.1, -0.05) is 25.4 Å². The number of imidazole rings is 1. The van der Waals surface area contributed by atoms with E-state index in [9.17, 15) is 18.0 Å². The molecule has 0 atom stereocenters. The quantitative estimate of drug-likeness (QED) is 0.696. The van der Waals surface area contributed by atoms with Crippen LogP contribution in [0.1, 0.15) is 31.0 Å². The standard InChI is InChI=1S/C15H15ClF3N7O/c1-7(2)12-8(5-20-26-6-10(16)22-13(12)26)21-14(27)23-11-4-9(15(17,18)19)24-25(11)3/h4-7H,1-3H3,(H2,21,23,27). The van der Waals surface area contributed by atoms with Gasteiger partial charge in [0.2, 0.25) is 0 Å². The van der Waals surface area contributed by atoms with Crippen molar-refractivity contribution in [1.82, 2.24) is 24.4 Å². The van der Waals surface area contributed by atoms with Gasteiger partial charge in [0.05, 0.1) is 18.1 Å². The molecule has 0 aliphatic carbocycles. The van der Waals surface area contributed by atoms with E-state index in [1.165, 1.54) is 24.0 Å². The number of aromatic nitrogens is 5. The molecule has 0 fully saturated rings. The number of hydrogen-bond donors (Lipinski definition) is 2. The van der Waals surface area contributed by atoms with Crippen molar-refractivity contribution in [1.29, 1.82) is 0 Å². The molecule has 0 aliphatic rings. The maximum atomic E-state index is 12.7. The van der Waals surface area contributed by atoms with Gasteiger partial charge in [-0.25, -0.2) is 14.3 Å². The van der Waals surface area contributed by atoms with E-state index in [1.807, 2.05) is 13.8 Å². The average Bonchev–Trinajstić information content (AvgIpc) is 3.08. The third-order valence-electron chi connectivity index (χ3n) is 3.74. The van der Waals surface area contributed by atoms with E-state index in [4.69, 9.17) is 11.6 Å². The molecule has 0 unspecified atom stereocenters. The fraction of sp³-hybridized carbons (Fsp3) is 0.333. The van der Waals surface area contributed by atoms with Crippen LogP contribution in [-0.4, -0.2) is 30.4 Å². The summed E-state index contributed by atoms with van der Waals surface area (Å²) in [7, 11) is 1.30. The molecular formula is C15H15ClF3N7O. The molecule has 3 heterocycles. The Morgan fingerprint density at radius 1 is 1.30 bits per heavy atom. The highest BCUT2D eigenvalue weighted by molar-refractivity contribution is 6.29. The molecule has 0 saturated heterocycles. The number of carbonyl (C=O) groups excluding carboxylic acids is 1. The molecule has 3 aromatic rings. The van der Waals surface area contributed by atoms with Gasteiger partial charge in [0.1, 0.15) is 11.0 Å². The topological polar surface area (TPSA) is 89.1 Å². The number of hydrogen-bond acceptors (Lipinski definition) is 4. The van der Waals surface area contributed by atoms with Crippen LogP contribution in [0.3, 0.4) is 0 Å². The molecule has 0 aliphatic heterocycles. The lowest BCUT2D eigenvalue weighted by Gasteiger charge is -2.14. The zero-order valence-corrected chi connectivity index (χ0v) is 15.2. The van der Waals surface area contributed by atoms with Gasteiger partial charge in [0.15, 0.2) is 11.3 Å². The van der Waals surface area contributed by atoms with Crippen LogP contribution < -0.4 is 10.6 Å². The highest BCUT2D eigenvalue weighted by atomic mass is 35.5. The zero-order valence-electron chi connectivity index (χ0n) is 14.5. The number of carbonyl (C=O) groups is 1. The summed E-state index contributed by atoms with van der Waals surface area (Å²) in [6.45, 7) is 3.80. The highest BCUT2D eigenvalue weighted by Gasteiger charge is 2.34. The molecule has 12 heteroatoms. The highest BCUT2D eigenvalue weighted by Crippen LogP contribution is 2.30. The van der Waals surface area contributed by atoms with Crippen molar-refractivity contribution >= 4 is 34.8 Å². The Morgan fingerprint density at radius 2 is 2.00 bits per heavy atom. The number of nitrogens with one attached hydrogen (secondary N) is 2. The molecule has 0 bridgehead atoms. The first-order chi connectivity index (χ1) is 12.6. The van der Waals surface area contributed by atoms with E-state index in [0.717, 1.165) is 10.7 Å². The molecule has 2 N–H and O–H groups in total. The number of halogens is 4. The monoisotopic (exact) mass is 401 g/mol. The van der Waals surface area contributed by atoms with Gasteiger partial charge in [-0.2, -0.15) is 23.4 Å². The number of fused-ring (bicyclic) bond motifs is 1. The minimum atomic E-state index is -4.60. The van der Waals surface area contributed by atoms with Crippen molar-refractivity contribution in [2.75, 3.05) is 10.6 Å². The lowest BCUT2D eigenvalue weighted by Crippen LogP contribution is -2.22. The predicted octanol–water partition coefficient (Wildman–Crippen LogP) is 3.90. The van der Waals surface area contributed by atoms with Crippen molar-refractivity contribution in [3.63, 3.8) is 0 Å². The van der Waals surface area contributed by atoms with Gasteiger partial charge >= 0.3 is 12.2 Å². The normalized spacial score (nSPS) is 12.0. The van der Waals surface area contributed by atoms with Crippen LogP contribution in [0, 0.1) is 0 Å². The van der Waals surface area contributed by atoms with Crippen molar-refractivity contribution in [2.24, 2.45) is 7.05 Å². The molecule has 3 aromatic heterocycles. The van der Waals surface area contributed by atoms with Crippen LogP contribution in [0.25, 0.3) is 5.65 Å². The van der Waals surface area contributed by atoms with Gasteiger partial charge in [0, 0.05) is 18.7 Å². The molecule has 0 radical (unpaired) electrons. The van der Waals surface area contributed by atoms with E-state index in [2.05, 4.69) is 25.8 Å². The number of aryl methyl sites for hydroxylation is 1. The lowest BCUT2D eigenvalue weighted by molar-refractivity contribution is -0.141. The molecular weight excluding hydrogens is 387 g/mol. The van der Waals surface area contributed by atoms with E-state index >= 15 is 0 Å². The fourth-order valence-electron chi connectivity index (χ4n) is 2.59. The van der Waals surface area contributed by atoms with Crippen LogP contribution in [0.15, 0.2) is 18.5 Å². The molecule has 0 aromatic carbocycles. The van der Waals surface area contributed by atoms with E-state index in [0.29, 0.717) is 16.9 Å². The summed E-state index contributed by atoms with van der Waals surface area (Å²) in [6, 6.07) is 0.0103. The first kappa shape index (κ1) is 19.0. The third kappa shape index (κ3) is 3.82. The second-order valence-electron chi connectivity index (χ2n) is 6.07. The summed E-state index contributed by atoms with van der Waals surface area (Å²) in [5, 5.41) is 12.6. The average molecular weight is 402 g/mol. The summed E-state index contributed by atoms with van der Waals surface area (Å²) >= 11 is 5.91. The van der Waals surface area contributed by atoms with Crippen LogP contribution in [0.2, 0.25) is 5.15 Å². The van der Waals surface area contributed by atoms with Gasteiger partial charge in [-0.3, -0.25) is 10.00 Å². The molecule has 144 valence electrons. The van der Waals surface area contributed by atoms with Gasteiger partial charge in [-0.05, 0) is 5.92 Å². The molecule has 0 saturated carbocycles. The second-order valence-corrected chi connectivity index (χ2v) is 6.46. The van der Waals surface area contributed by atoms with Crippen molar-refractivity contribution < 1.29 is 18.0 Å². The first-order valence-electron chi connectivity index (χ1n) is 7.79. The fourth-order valence-corrected chi connectivity index (χ4v) is 2.76. The Morgan fingerprint density at radius 3 is 2.59 bits per heavy atom. The van der Waals surface area contributed by atoms with Crippen LogP contribution in [-0.2, 0) is 13.2 Å². The summed E-state index contributed by atoms with van der Waals surface area (Å²) < 4.78 is 40.6. The molecule has 2 amide bonds. The Hall–Kier alpha value is -2.82. The zero-order chi connectivity index (χ0) is 19.9. The molecule has 8 nitrogen and oxygen atoms in total. The van der Waals surface area contributed by atoms with Gasteiger partial charge in [0.25, 0.3) is 0 Å². The number of amides is 2. The van der Waals surface area contributed by atoms with Crippen molar-refractivity contribution in [3.8, 4) is 0 Å². The van der Waals surface area contributed by atoms with Crippen molar-refractivity contribution in [2.45, 2.75) is 25.9 Å².